The molecule has 0 aliphatic carbocycles. The minimum Gasteiger partial charge on any atom is -0.475 e. The van der Waals surface area contributed by atoms with E-state index in [2.05, 4.69) is 20.3 Å². The van der Waals surface area contributed by atoms with Crippen LogP contribution < -0.4 is 4.72 Å². The highest BCUT2D eigenvalue weighted by atomic mass is 79.9. The van der Waals surface area contributed by atoms with Crippen molar-refractivity contribution in [2.45, 2.75) is 10.4 Å². The molecule has 0 amide bonds. The average molecular weight is 374 g/mol. The average Bonchev–Trinajstić information content (AvgIpc) is 2.79. The maximum atomic E-state index is 12.1. The summed E-state index contributed by atoms with van der Waals surface area (Å²) in [7, 11) is -4.33. The van der Waals surface area contributed by atoms with Gasteiger partial charge >= 0.3 is 5.97 Å². The Kier molecular flexibility index (Phi) is 5.29. The van der Waals surface area contributed by atoms with Gasteiger partial charge in [-0.3, -0.25) is 0 Å². The lowest BCUT2D eigenvalue weighted by Gasteiger charge is -2.27. The van der Waals surface area contributed by atoms with Gasteiger partial charge in [-0.25, -0.2) is 13.2 Å². The zero-order valence-electron chi connectivity index (χ0n) is 9.91. The van der Waals surface area contributed by atoms with Gasteiger partial charge in [0.25, 0.3) is 0 Å². The number of aliphatic hydroxyl groups is 3. The molecule has 0 fully saturated rings. The van der Waals surface area contributed by atoms with Crippen LogP contribution in [0.3, 0.4) is 0 Å². The number of aromatic carboxylic acids is 1. The summed E-state index contributed by atoms with van der Waals surface area (Å²) in [5.74, 6) is -2.08. The number of sulfonamides is 1. The van der Waals surface area contributed by atoms with E-state index in [1.165, 1.54) is 0 Å². The third-order valence-corrected chi connectivity index (χ3v) is 4.85. The summed E-state index contributed by atoms with van der Waals surface area (Å²) >= 11 is 2.76. The molecule has 5 N–H and O–H groups in total. The van der Waals surface area contributed by atoms with E-state index >= 15 is 0 Å². The lowest BCUT2D eigenvalue weighted by atomic mass is 10.1. The van der Waals surface area contributed by atoms with Gasteiger partial charge in [0.2, 0.25) is 15.8 Å². The zero-order valence-corrected chi connectivity index (χ0v) is 12.3. The normalized spacial score (nSPS) is 12.6. The first-order valence-corrected chi connectivity index (χ1v) is 7.38. The Hall–Kier alpha value is -0.980. The minimum absolute atomic E-state index is 0.356. The van der Waals surface area contributed by atoms with Crippen LogP contribution in [0.25, 0.3) is 0 Å². The Bertz CT molecular complexity index is 583. The molecule has 0 spiro atoms. The Morgan fingerprint density at radius 2 is 1.80 bits per heavy atom. The molecule has 0 radical (unpaired) electrons. The summed E-state index contributed by atoms with van der Waals surface area (Å²) in [6.07, 6.45) is 0. The molecule has 0 saturated carbocycles. The molecule has 0 aliphatic rings. The molecule has 1 rings (SSSR count). The molecule has 0 unspecified atom stereocenters. The maximum absolute atomic E-state index is 12.1. The van der Waals surface area contributed by atoms with Crippen molar-refractivity contribution >= 4 is 31.9 Å². The van der Waals surface area contributed by atoms with E-state index in [0.717, 1.165) is 6.07 Å². The molecule has 0 aliphatic heterocycles. The predicted octanol–water partition coefficient (Wildman–Crippen LogP) is -1.27. The van der Waals surface area contributed by atoms with Crippen molar-refractivity contribution in [2.75, 3.05) is 19.8 Å². The molecular weight excluding hydrogens is 362 g/mol. The third kappa shape index (κ3) is 3.37. The van der Waals surface area contributed by atoms with Gasteiger partial charge in [-0.1, -0.05) is 0 Å². The number of carboxylic acid groups (broad SMARTS) is 1. The molecule has 0 bridgehead atoms. The fourth-order valence-electron chi connectivity index (χ4n) is 1.23. The monoisotopic (exact) mass is 373 g/mol. The summed E-state index contributed by atoms with van der Waals surface area (Å²) in [6.45, 7) is -2.58. The molecule has 114 valence electrons. The van der Waals surface area contributed by atoms with Gasteiger partial charge in [-0.15, -0.1) is 0 Å². The van der Waals surface area contributed by atoms with E-state index in [-0.39, 0.29) is 4.67 Å². The molecule has 1 heterocycles. The fraction of sp³-hybridized carbons (Fsp3) is 0.444. The zero-order chi connectivity index (χ0) is 15.6. The number of halogens is 1. The van der Waals surface area contributed by atoms with Crippen molar-refractivity contribution < 1.29 is 38.1 Å². The lowest BCUT2D eigenvalue weighted by molar-refractivity contribution is 0.0581. The second kappa shape index (κ2) is 6.20. The SMILES string of the molecule is O=C(O)c1cc(S(=O)(=O)NC(CO)(CO)CO)c(Br)o1. The first-order chi connectivity index (χ1) is 9.21. The van der Waals surface area contributed by atoms with Gasteiger partial charge in [-0.05, 0) is 15.9 Å². The van der Waals surface area contributed by atoms with Gasteiger partial charge in [0.1, 0.15) is 10.4 Å². The number of hydrogen-bond acceptors (Lipinski definition) is 7. The van der Waals surface area contributed by atoms with Crippen LogP contribution in [0.2, 0.25) is 0 Å². The van der Waals surface area contributed by atoms with E-state index in [1.807, 2.05) is 4.72 Å². The molecule has 0 saturated heterocycles. The largest absolute Gasteiger partial charge is 0.475 e. The van der Waals surface area contributed by atoms with Crippen molar-refractivity contribution in [3.05, 3.63) is 16.5 Å². The van der Waals surface area contributed by atoms with Crippen LogP contribution in [0.1, 0.15) is 10.6 Å². The van der Waals surface area contributed by atoms with Crippen LogP contribution in [0.5, 0.6) is 0 Å². The van der Waals surface area contributed by atoms with Gasteiger partial charge in [-0.2, -0.15) is 4.72 Å². The molecular formula is C9H12BrNO8S. The van der Waals surface area contributed by atoms with Crippen LogP contribution >= 0.6 is 15.9 Å². The highest BCUT2D eigenvalue weighted by Gasteiger charge is 2.36. The molecule has 9 nitrogen and oxygen atoms in total. The van der Waals surface area contributed by atoms with Crippen LogP contribution in [-0.2, 0) is 10.0 Å². The van der Waals surface area contributed by atoms with Crippen LogP contribution in [0, 0.1) is 0 Å². The molecule has 20 heavy (non-hydrogen) atoms. The first-order valence-electron chi connectivity index (χ1n) is 5.10. The molecule has 0 atom stereocenters. The van der Waals surface area contributed by atoms with E-state index in [4.69, 9.17) is 20.4 Å². The number of rotatable bonds is 7. The topological polar surface area (TPSA) is 157 Å². The quantitative estimate of drug-likeness (QED) is 0.396. The van der Waals surface area contributed by atoms with Crippen LogP contribution in [0.4, 0.5) is 0 Å². The van der Waals surface area contributed by atoms with Crippen molar-refractivity contribution in [3.8, 4) is 0 Å². The predicted molar refractivity (Wildman–Crippen MR) is 67.7 cm³/mol. The molecule has 1 aromatic rings. The second-order valence-corrected chi connectivity index (χ2v) is 6.28. The van der Waals surface area contributed by atoms with Crippen LogP contribution in [-0.4, -0.2) is 60.2 Å². The van der Waals surface area contributed by atoms with E-state index < -0.39 is 52.0 Å². The van der Waals surface area contributed by atoms with Gasteiger partial charge in [0, 0.05) is 6.07 Å². The standard InChI is InChI=1S/C9H12BrNO8S/c10-7-6(1-5(19-7)8(15)16)20(17,18)11-9(2-12,3-13)4-14/h1,11-14H,2-4H2,(H,15,16). The smallest absolute Gasteiger partial charge is 0.371 e. The summed E-state index contributed by atoms with van der Waals surface area (Å²) in [5, 5.41) is 35.9. The van der Waals surface area contributed by atoms with Gasteiger partial charge in [0.15, 0.2) is 4.67 Å². The Morgan fingerprint density at radius 1 is 1.30 bits per heavy atom. The van der Waals surface area contributed by atoms with Crippen molar-refractivity contribution in [1.29, 1.82) is 0 Å². The fourth-order valence-corrected chi connectivity index (χ4v) is 3.54. The van der Waals surface area contributed by atoms with E-state index in [1.54, 1.807) is 0 Å². The van der Waals surface area contributed by atoms with Gasteiger partial charge in [0.05, 0.1) is 19.8 Å². The summed E-state index contributed by atoms with van der Waals surface area (Å²) in [6, 6.07) is 0.756. The lowest BCUT2D eigenvalue weighted by Crippen LogP contribution is -2.56. The Morgan fingerprint density at radius 3 is 2.15 bits per heavy atom. The number of furan rings is 1. The molecule has 0 aromatic carbocycles. The summed E-state index contributed by atoms with van der Waals surface area (Å²) in [4.78, 5) is 10.2. The Labute approximate surface area is 122 Å². The molecule has 11 heteroatoms. The van der Waals surface area contributed by atoms with E-state index in [9.17, 15) is 13.2 Å². The third-order valence-electron chi connectivity index (χ3n) is 2.41. The van der Waals surface area contributed by atoms with Crippen LogP contribution in [0.15, 0.2) is 20.0 Å². The number of carboxylic acids is 1. The maximum Gasteiger partial charge on any atom is 0.371 e. The van der Waals surface area contributed by atoms with Crippen molar-refractivity contribution in [1.82, 2.24) is 4.72 Å². The minimum atomic E-state index is -4.33. The number of aliphatic hydroxyl groups excluding tert-OH is 3. The van der Waals surface area contributed by atoms with E-state index in [0.29, 0.717) is 0 Å². The first kappa shape index (κ1) is 17.1. The number of nitrogens with one attached hydrogen (secondary N) is 1. The van der Waals surface area contributed by atoms with Crippen molar-refractivity contribution in [3.63, 3.8) is 0 Å². The summed E-state index contributed by atoms with van der Waals surface area (Å²) in [5.41, 5.74) is -1.88. The highest BCUT2D eigenvalue weighted by molar-refractivity contribution is 9.10. The number of hydrogen-bond donors (Lipinski definition) is 5. The van der Waals surface area contributed by atoms with Gasteiger partial charge < -0.3 is 24.8 Å². The highest BCUT2D eigenvalue weighted by Crippen LogP contribution is 2.27. The molecule has 1 aromatic heterocycles. The van der Waals surface area contributed by atoms with Crippen molar-refractivity contribution in [2.24, 2.45) is 0 Å². The summed E-state index contributed by atoms with van der Waals surface area (Å²) < 4.78 is 30.3. The number of carbonyl (C=O) groups is 1. The second-order valence-electron chi connectivity index (χ2n) is 3.91. The Balaban J connectivity index is 3.20.